The second-order valence-electron chi connectivity index (χ2n) is 3.82. The Morgan fingerprint density at radius 3 is 2.44 bits per heavy atom. The van der Waals surface area contributed by atoms with Crippen LogP contribution in [0.2, 0.25) is 5.02 Å². The maximum Gasteiger partial charge on any atom is 0.123 e. The highest BCUT2D eigenvalue weighted by molar-refractivity contribution is 9.10. The average Bonchev–Trinajstić information content (AvgIpc) is 2.37. The van der Waals surface area contributed by atoms with Crippen LogP contribution in [0.1, 0.15) is 17.2 Å². The van der Waals surface area contributed by atoms with Crippen molar-refractivity contribution in [1.29, 1.82) is 0 Å². The zero-order chi connectivity index (χ0) is 13.1. The molecule has 2 aromatic carbocycles. The Bertz CT molecular complexity index is 545. The molecule has 0 spiro atoms. The van der Waals surface area contributed by atoms with E-state index in [0.717, 1.165) is 10.0 Å². The second kappa shape index (κ2) is 5.80. The maximum absolute atomic E-state index is 13.3. The zero-order valence-electron chi connectivity index (χ0n) is 9.33. The fourth-order valence-electron chi connectivity index (χ4n) is 1.76. The molecule has 0 heterocycles. The van der Waals surface area contributed by atoms with Crippen LogP contribution in [0.25, 0.3) is 0 Å². The molecular weight excluding hydrogens is 319 g/mol. The number of hydrogen-bond donors (Lipinski definition) is 2. The van der Waals surface area contributed by atoms with Gasteiger partial charge in [0.05, 0.1) is 6.04 Å². The molecule has 0 aliphatic carbocycles. The topological polar surface area (TPSA) is 38.0 Å². The molecule has 0 fully saturated rings. The van der Waals surface area contributed by atoms with Gasteiger partial charge >= 0.3 is 0 Å². The van der Waals surface area contributed by atoms with Crippen molar-refractivity contribution in [2.75, 3.05) is 0 Å². The molecule has 1 atom stereocenters. The molecule has 2 rings (SSSR count). The number of nitrogens with one attached hydrogen (secondary N) is 1. The molecule has 0 radical (unpaired) electrons. The Balaban J connectivity index is 2.44. The predicted octanol–water partition coefficient (Wildman–Crippen LogP) is 3.79. The van der Waals surface area contributed by atoms with E-state index in [9.17, 15) is 4.39 Å². The third kappa shape index (κ3) is 2.90. The molecule has 0 aliphatic rings. The fraction of sp³-hybridized carbons (Fsp3) is 0.0769. The van der Waals surface area contributed by atoms with Crippen molar-refractivity contribution in [2.45, 2.75) is 6.04 Å². The summed E-state index contributed by atoms with van der Waals surface area (Å²) in [5, 5.41) is 0.474. The van der Waals surface area contributed by atoms with Crippen molar-refractivity contribution in [3.63, 3.8) is 0 Å². The van der Waals surface area contributed by atoms with Crippen LogP contribution in [0.5, 0.6) is 0 Å². The van der Waals surface area contributed by atoms with Gasteiger partial charge in [-0.3, -0.25) is 5.84 Å². The highest BCUT2D eigenvalue weighted by Gasteiger charge is 2.16. The molecule has 0 aliphatic heterocycles. The van der Waals surface area contributed by atoms with Crippen LogP contribution >= 0.6 is 27.5 Å². The summed E-state index contributed by atoms with van der Waals surface area (Å²) in [4.78, 5) is 0. The molecule has 0 amide bonds. The Hall–Kier alpha value is -0.940. The van der Waals surface area contributed by atoms with Gasteiger partial charge in [0, 0.05) is 9.50 Å². The summed E-state index contributed by atoms with van der Waals surface area (Å²) >= 11 is 9.44. The lowest BCUT2D eigenvalue weighted by Gasteiger charge is -2.18. The summed E-state index contributed by atoms with van der Waals surface area (Å²) in [6.45, 7) is 0. The van der Waals surface area contributed by atoms with Crippen LogP contribution in [0.4, 0.5) is 4.39 Å². The van der Waals surface area contributed by atoms with Gasteiger partial charge in [0.15, 0.2) is 0 Å². The molecule has 0 aromatic heterocycles. The van der Waals surface area contributed by atoms with Crippen LogP contribution in [-0.2, 0) is 0 Å². The van der Waals surface area contributed by atoms with Crippen LogP contribution in [0.15, 0.2) is 46.9 Å². The van der Waals surface area contributed by atoms with Gasteiger partial charge in [-0.15, -0.1) is 0 Å². The number of halogens is 3. The summed E-state index contributed by atoms with van der Waals surface area (Å²) < 4.78 is 14.3. The number of hydrazine groups is 1. The molecule has 18 heavy (non-hydrogen) atoms. The van der Waals surface area contributed by atoms with E-state index in [0.29, 0.717) is 10.6 Å². The van der Waals surface area contributed by atoms with Crippen molar-refractivity contribution in [3.8, 4) is 0 Å². The predicted molar refractivity (Wildman–Crippen MR) is 74.7 cm³/mol. The molecule has 1 unspecified atom stereocenters. The zero-order valence-corrected chi connectivity index (χ0v) is 11.7. The molecule has 0 saturated carbocycles. The lowest BCUT2D eigenvalue weighted by molar-refractivity contribution is 0.605. The number of rotatable bonds is 3. The maximum atomic E-state index is 13.3. The first-order chi connectivity index (χ1) is 8.61. The third-order valence-electron chi connectivity index (χ3n) is 2.64. The van der Waals surface area contributed by atoms with E-state index in [2.05, 4.69) is 21.4 Å². The van der Waals surface area contributed by atoms with Crippen LogP contribution < -0.4 is 11.3 Å². The largest absolute Gasteiger partial charge is 0.271 e. The van der Waals surface area contributed by atoms with Crippen molar-refractivity contribution < 1.29 is 4.39 Å². The van der Waals surface area contributed by atoms with Gasteiger partial charge < -0.3 is 0 Å². The van der Waals surface area contributed by atoms with Gasteiger partial charge in [0.25, 0.3) is 0 Å². The minimum atomic E-state index is -0.346. The first kappa shape index (κ1) is 13.5. The average molecular weight is 330 g/mol. The van der Waals surface area contributed by atoms with Crippen LogP contribution in [0.3, 0.4) is 0 Å². The van der Waals surface area contributed by atoms with Gasteiger partial charge in [-0.2, -0.15) is 0 Å². The lowest BCUT2D eigenvalue weighted by atomic mass is 9.99. The van der Waals surface area contributed by atoms with Gasteiger partial charge in [0.1, 0.15) is 5.82 Å². The highest BCUT2D eigenvalue weighted by Crippen LogP contribution is 2.29. The van der Waals surface area contributed by atoms with Crippen molar-refractivity contribution in [2.24, 2.45) is 5.84 Å². The third-order valence-corrected chi connectivity index (χ3v) is 3.51. The standard InChI is InChI=1S/C13H11BrClFN2/c14-9-3-1-8(2-4-9)13(18-17)11-7-10(16)5-6-12(11)15/h1-7,13,18H,17H2. The monoisotopic (exact) mass is 328 g/mol. The second-order valence-corrected chi connectivity index (χ2v) is 5.14. The Labute approximate surface area is 118 Å². The van der Waals surface area contributed by atoms with E-state index in [1.54, 1.807) is 0 Å². The molecule has 5 heteroatoms. The minimum absolute atomic E-state index is 0.341. The van der Waals surface area contributed by atoms with Gasteiger partial charge in [-0.1, -0.05) is 39.7 Å². The number of benzene rings is 2. The van der Waals surface area contributed by atoms with Crippen molar-refractivity contribution >= 4 is 27.5 Å². The molecule has 2 nitrogen and oxygen atoms in total. The van der Waals surface area contributed by atoms with Crippen LogP contribution in [-0.4, -0.2) is 0 Å². The van der Waals surface area contributed by atoms with Gasteiger partial charge in [-0.25, -0.2) is 9.82 Å². The molecular formula is C13H11BrClFN2. The summed E-state index contributed by atoms with van der Waals surface area (Å²) in [6, 6.07) is 11.5. The SMILES string of the molecule is NNC(c1ccc(Br)cc1)c1cc(F)ccc1Cl. The normalized spacial score (nSPS) is 12.4. The molecule has 0 bridgehead atoms. The molecule has 94 valence electrons. The van der Waals surface area contributed by atoms with Gasteiger partial charge in [0.2, 0.25) is 0 Å². The highest BCUT2D eigenvalue weighted by atomic mass is 79.9. The molecule has 2 aromatic rings. The lowest BCUT2D eigenvalue weighted by Crippen LogP contribution is -2.29. The number of nitrogens with two attached hydrogens (primary N) is 1. The summed E-state index contributed by atoms with van der Waals surface area (Å²) in [6.07, 6.45) is 0. The van der Waals surface area contributed by atoms with E-state index in [1.165, 1.54) is 18.2 Å². The van der Waals surface area contributed by atoms with Crippen molar-refractivity contribution in [3.05, 3.63) is 68.9 Å². The fourth-order valence-corrected chi connectivity index (χ4v) is 2.25. The Morgan fingerprint density at radius 1 is 1.17 bits per heavy atom. The van der Waals surface area contributed by atoms with Gasteiger partial charge in [-0.05, 0) is 41.5 Å². The summed E-state index contributed by atoms with van der Waals surface area (Å²) in [5.74, 6) is 5.21. The Kier molecular flexibility index (Phi) is 4.35. The number of hydrogen-bond acceptors (Lipinski definition) is 2. The van der Waals surface area contributed by atoms with Crippen molar-refractivity contribution in [1.82, 2.24) is 5.43 Å². The quantitative estimate of drug-likeness (QED) is 0.664. The first-order valence-corrected chi connectivity index (χ1v) is 6.45. The van der Waals surface area contributed by atoms with E-state index < -0.39 is 0 Å². The smallest absolute Gasteiger partial charge is 0.123 e. The van der Waals surface area contributed by atoms with Crippen LogP contribution in [0, 0.1) is 5.82 Å². The summed E-state index contributed by atoms with van der Waals surface area (Å²) in [7, 11) is 0. The minimum Gasteiger partial charge on any atom is -0.271 e. The first-order valence-electron chi connectivity index (χ1n) is 5.28. The molecule has 0 saturated heterocycles. The van der Waals surface area contributed by atoms with E-state index in [-0.39, 0.29) is 11.9 Å². The summed E-state index contributed by atoms with van der Waals surface area (Å²) in [5.41, 5.74) is 4.18. The van der Waals surface area contributed by atoms with E-state index in [4.69, 9.17) is 17.4 Å². The Morgan fingerprint density at radius 2 is 1.83 bits per heavy atom. The van der Waals surface area contributed by atoms with E-state index >= 15 is 0 Å². The molecule has 3 N–H and O–H groups in total. The van der Waals surface area contributed by atoms with E-state index in [1.807, 2.05) is 24.3 Å².